The zero-order valence-corrected chi connectivity index (χ0v) is 18.4. The molecule has 1 aromatic rings. The van der Waals surface area contributed by atoms with Crippen molar-refractivity contribution in [3.05, 3.63) is 23.3 Å². The minimum absolute atomic E-state index is 0.0303. The van der Waals surface area contributed by atoms with Gasteiger partial charge >= 0.3 is 0 Å². The predicted octanol–water partition coefficient (Wildman–Crippen LogP) is 3.00. The summed E-state index contributed by atoms with van der Waals surface area (Å²) >= 11 is 5.92. The van der Waals surface area contributed by atoms with Crippen LogP contribution in [0.25, 0.3) is 0 Å². The van der Waals surface area contributed by atoms with Gasteiger partial charge in [-0.3, -0.25) is 4.90 Å². The van der Waals surface area contributed by atoms with Crippen molar-refractivity contribution in [2.24, 2.45) is 11.8 Å². The highest BCUT2D eigenvalue weighted by molar-refractivity contribution is 7.89. The number of benzene rings is 1. The summed E-state index contributed by atoms with van der Waals surface area (Å²) in [5, 5.41) is 0. The van der Waals surface area contributed by atoms with Gasteiger partial charge in [-0.1, -0.05) is 6.92 Å². The van der Waals surface area contributed by atoms with Gasteiger partial charge in [0, 0.05) is 37.6 Å². The molecule has 4 atom stereocenters. The fraction of sp³-hybridized carbons (Fsp3) is 0.714. The van der Waals surface area contributed by atoms with Gasteiger partial charge in [0.15, 0.2) is 11.5 Å². The predicted molar refractivity (Wildman–Crippen MR) is 112 cm³/mol. The fourth-order valence-corrected chi connectivity index (χ4v) is 7.98. The zero-order valence-electron chi connectivity index (χ0n) is 16.8. The molecule has 0 aliphatic carbocycles. The number of hydrogen-bond donors (Lipinski definition) is 0. The van der Waals surface area contributed by atoms with Crippen LogP contribution in [-0.4, -0.2) is 61.7 Å². The standard InChI is InChI=1S/C21H29ClN2O4S/c1-14(10-22)12-29(25,26)24-5-2-3-16-11-23-6-4-15-7-20-21(28-13-27-20)8-17(15)19(23)9-18(16)24/h7-8,14,16,18-19H,2-6,9-13H2,1H3/t14?,16-,18+,19-/m0/s1. The third kappa shape index (κ3) is 3.54. The van der Waals surface area contributed by atoms with E-state index in [1.54, 1.807) is 0 Å². The molecular formula is C21H29ClN2O4S. The van der Waals surface area contributed by atoms with Gasteiger partial charge in [0.05, 0.1) is 5.75 Å². The molecule has 0 amide bonds. The summed E-state index contributed by atoms with van der Waals surface area (Å²) < 4.78 is 39.4. The lowest BCUT2D eigenvalue weighted by atomic mass is 9.77. The molecule has 0 bridgehead atoms. The van der Waals surface area contributed by atoms with E-state index < -0.39 is 10.0 Å². The van der Waals surface area contributed by atoms with Crippen molar-refractivity contribution >= 4 is 21.6 Å². The van der Waals surface area contributed by atoms with E-state index in [2.05, 4.69) is 17.0 Å². The maximum Gasteiger partial charge on any atom is 0.231 e. The number of hydrogen-bond acceptors (Lipinski definition) is 5. The molecule has 2 fully saturated rings. The molecule has 0 aromatic heterocycles. The first-order valence-corrected chi connectivity index (χ1v) is 12.8. The highest BCUT2D eigenvalue weighted by Gasteiger charge is 2.46. The minimum Gasteiger partial charge on any atom is -0.454 e. The Balaban J connectivity index is 1.44. The fourth-order valence-electron chi connectivity index (χ4n) is 5.64. The largest absolute Gasteiger partial charge is 0.454 e. The van der Waals surface area contributed by atoms with E-state index in [0.717, 1.165) is 50.3 Å². The number of alkyl halides is 1. The average Bonchev–Trinajstić information content (AvgIpc) is 3.17. The van der Waals surface area contributed by atoms with Crippen molar-refractivity contribution in [1.29, 1.82) is 0 Å². The van der Waals surface area contributed by atoms with E-state index in [1.807, 2.05) is 11.2 Å². The van der Waals surface area contributed by atoms with E-state index in [9.17, 15) is 8.42 Å². The summed E-state index contributed by atoms with van der Waals surface area (Å²) in [5.74, 6) is 2.55. The highest BCUT2D eigenvalue weighted by atomic mass is 35.5. The number of fused-ring (bicyclic) bond motifs is 5. The second kappa shape index (κ2) is 7.59. The Morgan fingerprint density at radius 2 is 2.03 bits per heavy atom. The van der Waals surface area contributed by atoms with Crippen LogP contribution < -0.4 is 9.47 Å². The number of nitrogens with zero attached hydrogens (tertiary/aromatic N) is 2. The summed E-state index contributed by atoms with van der Waals surface area (Å²) in [6.07, 6.45) is 3.92. The molecule has 4 heterocycles. The molecule has 1 unspecified atom stereocenters. The second-order valence-electron chi connectivity index (χ2n) is 9.02. The molecule has 160 valence electrons. The van der Waals surface area contributed by atoms with Crippen LogP contribution in [-0.2, 0) is 16.4 Å². The molecule has 0 spiro atoms. The molecule has 6 nitrogen and oxygen atoms in total. The molecule has 0 N–H and O–H groups in total. The van der Waals surface area contributed by atoms with E-state index in [1.165, 1.54) is 11.1 Å². The molecule has 2 saturated heterocycles. The van der Waals surface area contributed by atoms with E-state index >= 15 is 0 Å². The van der Waals surface area contributed by atoms with Gasteiger partial charge in [-0.15, -0.1) is 11.6 Å². The van der Waals surface area contributed by atoms with Gasteiger partial charge < -0.3 is 9.47 Å². The van der Waals surface area contributed by atoms with Gasteiger partial charge in [0.2, 0.25) is 16.8 Å². The van der Waals surface area contributed by atoms with Crippen LogP contribution in [0.4, 0.5) is 0 Å². The van der Waals surface area contributed by atoms with Gasteiger partial charge in [0.1, 0.15) is 0 Å². The number of ether oxygens (including phenoxy) is 2. The van der Waals surface area contributed by atoms with E-state index in [4.69, 9.17) is 21.1 Å². The maximum atomic E-state index is 13.2. The monoisotopic (exact) mass is 440 g/mol. The highest BCUT2D eigenvalue weighted by Crippen LogP contribution is 2.46. The summed E-state index contributed by atoms with van der Waals surface area (Å²) in [6, 6.07) is 4.58. The lowest BCUT2D eigenvalue weighted by Crippen LogP contribution is -2.58. The van der Waals surface area contributed by atoms with Crippen LogP contribution in [0.15, 0.2) is 12.1 Å². The average molecular weight is 441 g/mol. The third-order valence-electron chi connectivity index (χ3n) is 7.02. The number of halogens is 1. The van der Waals surface area contributed by atoms with Gasteiger partial charge in [-0.05, 0) is 60.8 Å². The summed E-state index contributed by atoms with van der Waals surface area (Å²) in [5.41, 5.74) is 2.60. The number of piperidine rings is 2. The molecule has 4 aliphatic heterocycles. The lowest BCUT2D eigenvalue weighted by Gasteiger charge is -2.51. The van der Waals surface area contributed by atoms with E-state index in [0.29, 0.717) is 18.3 Å². The molecule has 0 radical (unpaired) electrons. The molecular weight excluding hydrogens is 412 g/mol. The summed E-state index contributed by atoms with van der Waals surface area (Å²) in [7, 11) is -3.30. The first kappa shape index (κ1) is 19.9. The minimum atomic E-state index is -3.30. The lowest BCUT2D eigenvalue weighted by molar-refractivity contribution is 0.0218. The smallest absolute Gasteiger partial charge is 0.231 e. The Hall–Kier alpha value is -1.02. The molecule has 0 saturated carbocycles. The van der Waals surface area contributed by atoms with Crippen molar-refractivity contribution in [3.63, 3.8) is 0 Å². The second-order valence-corrected chi connectivity index (χ2v) is 11.3. The number of rotatable bonds is 4. The van der Waals surface area contributed by atoms with Crippen molar-refractivity contribution in [2.75, 3.05) is 38.1 Å². The van der Waals surface area contributed by atoms with Crippen LogP contribution in [0.1, 0.15) is 43.4 Å². The SMILES string of the molecule is CC(CCl)CS(=O)(=O)N1CCC[C@H]2CN3CCc4cc5c(cc4[C@@H]3C[C@H]21)OCO5. The topological polar surface area (TPSA) is 59.1 Å². The van der Waals surface area contributed by atoms with Crippen molar-refractivity contribution in [1.82, 2.24) is 9.21 Å². The normalized spacial score (nSPS) is 30.3. The van der Waals surface area contributed by atoms with Crippen LogP contribution >= 0.6 is 11.6 Å². The summed E-state index contributed by atoms with van der Waals surface area (Å²) in [6.45, 7) is 4.83. The van der Waals surface area contributed by atoms with Crippen LogP contribution in [0.5, 0.6) is 11.5 Å². The molecule has 4 aliphatic rings. The molecule has 1 aromatic carbocycles. The van der Waals surface area contributed by atoms with Crippen LogP contribution in [0.3, 0.4) is 0 Å². The Labute approximate surface area is 178 Å². The maximum absolute atomic E-state index is 13.2. The Morgan fingerprint density at radius 1 is 1.24 bits per heavy atom. The van der Waals surface area contributed by atoms with Gasteiger partial charge in [-0.2, -0.15) is 4.31 Å². The third-order valence-corrected chi connectivity index (χ3v) is 9.70. The van der Waals surface area contributed by atoms with Crippen LogP contribution in [0.2, 0.25) is 0 Å². The Morgan fingerprint density at radius 3 is 2.83 bits per heavy atom. The van der Waals surface area contributed by atoms with Crippen LogP contribution in [0, 0.1) is 11.8 Å². The Kier molecular flexibility index (Phi) is 5.21. The van der Waals surface area contributed by atoms with Crippen molar-refractivity contribution in [2.45, 2.75) is 44.7 Å². The molecule has 8 heteroatoms. The van der Waals surface area contributed by atoms with Gasteiger partial charge in [-0.25, -0.2) is 8.42 Å². The first-order valence-electron chi connectivity index (χ1n) is 10.7. The Bertz CT molecular complexity index is 893. The zero-order chi connectivity index (χ0) is 20.2. The van der Waals surface area contributed by atoms with Crippen molar-refractivity contribution < 1.29 is 17.9 Å². The first-order chi connectivity index (χ1) is 14.0. The quantitative estimate of drug-likeness (QED) is 0.673. The number of sulfonamides is 1. The molecule has 5 rings (SSSR count). The van der Waals surface area contributed by atoms with Crippen molar-refractivity contribution in [3.8, 4) is 11.5 Å². The summed E-state index contributed by atoms with van der Waals surface area (Å²) in [4.78, 5) is 2.56. The van der Waals surface area contributed by atoms with Gasteiger partial charge in [0.25, 0.3) is 0 Å². The van der Waals surface area contributed by atoms with E-state index in [-0.39, 0.29) is 30.5 Å². The molecule has 29 heavy (non-hydrogen) atoms.